The summed E-state index contributed by atoms with van der Waals surface area (Å²) in [7, 11) is 4.57. The number of ether oxygens (including phenoxy) is 3. The minimum Gasteiger partial charge on any atom is -0.497 e. The molecule has 0 aliphatic carbocycles. The van der Waals surface area contributed by atoms with E-state index in [0.29, 0.717) is 30.0 Å². The molecule has 0 bridgehead atoms. The third kappa shape index (κ3) is 3.92. The molecule has 23 heavy (non-hydrogen) atoms. The van der Waals surface area contributed by atoms with Crippen molar-refractivity contribution < 1.29 is 28.9 Å². The quantitative estimate of drug-likeness (QED) is 0.852. The monoisotopic (exact) mass is 323 g/mol. The highest BCUT2D eigenvalue weighted by atomic mass is 16.5. The van der Waals surface area contributed by atoms with Gasteiger partial charge in [-0.1, -0.05) is 0 Å². The van der Waals surface area contributed by atoms with Crippen molar-refractivity contribution >= 4 is 11.9 Å². The summed E-state index contributed by atoms with van der Waals surface area (Å²) in [6.07, 6.45) is 0.248. The second kappa shape index (κ2) is 7.32. The van der Waals surface area contributed by atoms with Crippen LogP contribution in [0.3, 0.4) is 0 Å². The molecule has 7 nitrogen and oxygen atoms in total. The number of carboxylic acid groups (broad SMARTS) is 1. The van der Waals surface area contributed by atoms with Crippen molar-refractivity contribution in [2.75, 3.05) is 27.9 Å². The molecule has 0 saturated carbocycles. The predicted molar refractivity (Wildman–Crippen MR) is 82.0 cm³/mol. The Morgan fingerprint density at radius 3 is 2.26 bits per heavy atom. The molecule has 1 amide bonds. The predicted octanol–water partition coefficient (Wildman–Crippen LogP) is 1.41. The van der Waals surface area contributed by atoms with E-state index in [0.717, 1.165) is 0 Å². The zero-order valence-corrected chi connectivity index (χ0v) is 13.4. The van der Waals surface area contributed by atoms with Gasteiger partial charge in [0.2, 0.25) is 0 Å². The largest absolute Gasteiger partial charge is 0.497 e. The molecule has 1 aliphatic heterocycles. The highest BCUT2D eigenvalue weighted by Gasteiger charge is 2.37. The highest BCUT2D eigenvalue weighted by molar-refractivity contribution is 5.95. The Morgan fingerprint density at radius 1 is 1.17 bits per heavy atom. The number of aliphatic carboxylic acids is 1. The standard InChI is InChI=1S/C16H21NO6/c1-21-12-4-10(5-13(8-12)22-2)16(20)17-9-14(23-3)6-11(17)7-15(18)19/h4-5,8,11,14H,6-7,9H2,1-3H3,(H,18,19). The Bertz CT molecular complexity index is 566. The molecule has 0 aromatic heterocycles. The van der Waals surface area contributed by atoms with Gasteiger partial charge >= 0.3 is 5.97 Å². The van der Waals surface area contributed by atoms with Gasteiger partial charge < -0.3 is 24.2 Å². The Labute approximate surface area is 134 Å². The molecule has 126 valence electrons. The summed E-state index contributed by atoms with van der Waals surface area (Å²) in [5.41, 5.74) is 0.397. The van der Waals surface area contributed by atoms with Gasteiger partial charge in [0.05, 0.1) is 26.7 Å². The first kappa shape index (κ1) is 17.1. The number of amides is 1. The molecular formula is C16H21NO6. The summed E-state index contributed by atoms with van der Waals surface area (Å²) in [6, 6.07) is 4.51. The summed E-state index contributed by atoms with van der Waals surface area (Å²) < 4.78 is 15.6. The van der Waals surface area contributed by atoms with Crippen molar-refractivity contribution in [2.24, 2.45) is 0 Å². The van der Waals surface area contributed by atoms with Crippen molar-refractivity contribution in [1.29, 1.82) is 0 Å². The van der Waals surface area contributed by atoms with Crippen molar-refractivity contribution in [3.05, 3.63) is 23.8 Å². The Balaban J connectivity index is 2.28. The molecule has 2 atom stereocenters. The number of hydrogen-bond donors (Lipinski definition) is 1. The van der Waals surface area contributed by atoms with Crippen LogP contribution >= 0.6 is 0 Å². The number of likely N-dealkylation sites (tertiary alicyclic amines) is 1. The molecule has 1 aromatic rings. The number of methoxy groups -OCH3 is 3. The first-order valence-electron chi connectivity index (χ1n) is 7.27. The maximum atomic E-state index is 12.8. The summed E-state index contributed by atoms with van der Waals surface area (Å²) in [5, 5.41) is 9.05. The van der Waals surface area contributed by atoms with Crippen LogP contribution in [0, 0.1) is 0 Å². The van der Waals surface area contributed by atoms with Crippen molar-refractivity contribution in [1.82, 2.24) is 4.90 Å². The lowest BCUT2D eigenvalue weighted by atomic mass is 10.1. The topological polar surface area (TPSA) is 85.3 Å². The minimum atomic E-state index is -0.937. The molecule has 1 saturated heterocycles. The van der Waals surface area contributed by atoms with Crippen LogP contribution in [0.25, 0.3) is 0 Å². The van der Waals surface area contributed by atoms with E-state index in [1.807, 2.05) is 0 Å². The van der Waals surface area contributed by atoms with Crippen molar-refractivity contribution in [3.63, 3.8) is 0 Å². The lowest BCUT2D eigenvalue weighted by molar-refractivity contribution is -0.137. The van der Waals surface area contributed by atoms with Gasteiger partial charge in [0, 0.05) is 31.3 Å². The van der Waals surface area contributed by atoms with Gasteiger partial charge in [0.1, 0.15) is 11.5 Å². The third-order valence-electron chi connectivity index (χ3n) is 3.98. The number of carboxylic acids is 1. The molecule has 1 heterocycles. The van der Waals surface area contributed by atoms with E-state index < -0.39 is 5.97 Å². The average Bonchev–Trinajstić information content (AvgIpc) is 2.95. The van der Waals surface area contributed by atoms with Crippen LogP contribution in [0.1, 0.15) is 23.2 Å². The fourth-order valence-corrected chi connectivity index (χ4v) is 2.79. The Kier molecular flexibility index (Phi) is 5.44. The fourth-order valence-electron chi connectivity index (χ4n) is 2.79. The van der Waals surface area contributed by atoms with Gasteiger partial charge in [0.15, 0.2) is 0 Å². The van der Waals surface area contributed by atoms with E-state index in [2.05, 4.69) is 0 Å². The number of nitrogens with zero attached hydrogens (tertiary/aromatic N) is 1. The van der Waals surface area contributed by atoms with Crippen LogP contribution in [-0.2, 0) is 9.53 Å². The van der Waals surface area contributed by atoms with E-state index in [1.165, 1.54) is 14.2 Å². The Morgan fingerprint density at radius 2 is 1.78 bits per heavy atom. The van der Waals surface area contributed by atoms with Crippen molar-refractivity contribution in [3.8, 4) is 11.5 Å². The zero-order valence-electron chi connectivity index (χ0n) is 13.4. The van der Waals surface area contributed by atoms with E-state index in [9.17, 15) is 9.59 Å². The summed E-state index contributed by atoms with van der Waals surface area (Å²) in [4.78, 5) is 25.4. The molecule has 0 radical (unpaired) electrons. The smallest absolute Gasteiger partial charge is 0.305 e. The first-order valence-corrected chi connectivity index (χ1v) is 7.27. The normalized spacial score (nSPS) is 20.4. The van der Waals surface area contributed by atoms with Crippen LogP contribution in [0.2, 0.25) is 0 Å². The Hall–Kier alpha value is -2.28. The van der Waals surface area contributed by atoms with Crippen LogP contribution < -0.4 is 9.47 Å². The zero-order chi connectivity index (χ0) is 17.0. The molecule has 1 N–H and O–H groups in total. The van der Waals surface area contributed by atoms with Gasteiger partial charge in [-0.3, -0.25) is 9.59 Å². The number of carbonyl (C=O) groups excluding carboxylic acids is 1. The molecule has 1 aliphatic rings. The molecule has 2 rings (SSSR count). The maximum Gasteiger partial charge on any atom is 0.305 e. The molecule has 1 fully saturated rings. The fraction of sp³-hybridized carbons (Fsp3) is 0.500. The molecule has 0 spiro atoms. The van der Waals surface area contributed by atoms with Crippen LogP contribution in [0.5, 0.6) is 11.5 Å². The number of benzene rings is 1. The SMILES string of the molecule is COc1cc(OC)cc(C(=O)N2CC(OC)CC2CC(=O)O)c1. The average molecular weight is 323 g/mol. The van der Waals surface area contributed by atoms with Crippen LogP contribution in [-0.4, -0.2) is 61.9 Å². The second-order valence-electron chi connectivity index (χ2n) is 5.40. The lowest BCUT2D eigenvalue weighted by Gasteiger charge is -2.23. The number of rotatable bonds is 6. The summed E-state index contributed by atoms with van der Waals surface area (Å²) >= 11 is 0. The van der Waals surface area contributed by atoms with Gasteiger partial charge in [-0.25, -0.2) is 0 Å². The number of hydrogen-bond acceptors (Lipinski definition) is 5. The van der Waals surface area contributed by atoms with Gasteiger partial charge in [0.25, 0.3) is 5.91 Å². The van der Waals surface area contributed by atoms with E-state index >= 15 is 0 Å². The number of carbonyl (C=O) groups is 2. The van der Waals surface area contributed by atoms with E-state index in [1.54, 1.807) is 30.2 Å². The molecule has 2 unspecified atom stereocenters. The molecular weight excluding hydrogens is 302 g/mol. The summed E-state index contributed by atoms with van der Waals surface area (Å²) in [5.74, 6) is -0.185. The first-order chi connectivity index (χ1) is 11.0. The minimum absolute atomic E-state index is 0.104. The van der Waals surface area contributed by atoms with E-state index in [-0.39, 0.29) is 24.5 Å². The second-order valence-corrected chi connectivity index (χ2v) is 5.40. The van der Waals surface area contributed by atoms with Crippen LogP contribution in [0.15, 0.2) is 18.2 Å². The van der Waals surface area contributed by atoms with Gasteiger partial charge in [-0.15, -0.1) is 0 Å². The van der Waals surface area contributed by atoms with Gasteiger partial charge in [-0.2, -0.15) is 0 Å². The van der Waals surface area contributed by atoms with E-state index in [4.69, 9.17) is 19.3 Å². The van der Waals surface area contributed by atoms with Gasteiger partial charge in [-0.05, 0) is 18.6 Å². The van der Waals surface area contributed by atoms with Crippen molar-refractivity contribution in [2.45, 2.75) is 25.0 Å². The highest BCUT2D eigenvalue weighted by Crippen LogP contribution is 2.28. The lowest BCUT2D eigenvalue weighted by Crippen LogP contribution is -2.37. The molecule has 1 aromatic carbocycles. The molecule has 7 heteroatoms. The maximum absolute atomic E-state index is 12.8. The summed E-state index contributed by atoms with van der Waals surface area (Å²) in [6.45, 7) is 0.368. The third-order valence-corrected chi connectivity index (χ3v) is 3.98. The van der Waals surface area contributed by atoms with Crippen LogP contribution in [0.4, 0.5) is 0 Å².